The summed E-state index contributed by atoms with van der Waals surface area (Å²) in [5.41, 5.74) is 0.974. The third kappa shape index (κ3) is 2.79. The molecule has 0 unspecified atom stereocenters. The number of benzene rings is 2. The minimum absolute atomic E-state index is 0.644. The molecule has 2 aromatic carbocycles. The Bertz CT molecular complexity index is 539. The average Bonchev–Trinajstić information content (AvgIpc) is 2.34. The van der Waals surface area contributed by atoms with E-state index in [1.54, 1.807) is 6.07 Å². The third-order valence-electron chi connectivity index (χ3n) is 2.29. The molecule has 0 saturated heterocycles. The van der Waals surface area contributed by atoms with Gasteiger partial charge in [0.15, 0.2) is 0 Å². The van der Waals surface area contributed by atoms with E-state index in [1.165, 1.54) is 0 Å². The first kappa shape index (κ1) is 11.1. The fourth-order valence-electron chi connectivity index (χ4n) is 1.48. The van der Waals surface area contributed by atoms with Gasteiger partial charge >= 0.3 is 0 Å². The topological polar surface area (TPSA) is 18.5 Å². The van der Waals surface area contributed by atoms with E-state index in [4.69, 9.17) is 15.9 Å². The van der Waals surface area contributed by atoms with Crippen molar-refractivity contribution in [3.05, 3.63) is 54.1 Å². The second-order valence-corrected chi connectivity index (χ2v) is 3.56. The van der Waals surface area contributed by atoms with Crippen LogP contribution < -0.4 is 9.47 Å². The first-order valence-electron chi connectivity index (χ1n) is 5.25. The Morgan fingerprint density at radius 2 is 1.76 bits per heavy atom. The van der Waals surface area contributed by atoms with Crippen LogP contribution in [0.5, 0.6) is 17.2 Å². The summed E-state index contributed by atoms with van der Waals surface area (Å²) in [6.07, 6.45) is 7.21. The molecule has 0 atom stereocenters. The van der Waals surface area contributed by atoms with Crippen molar-refractivity contribution in [3.8, 4) is 29.8 Å². The maximum absolute atomic E-state index is 5.74. The van der Waals surface area contributed by atoms with Gasteiger partial charge in [-0.25, -0.2) is 0 Å². The number of ether oxygens (including phenoxy) is 2. The molecule has 0 amide bonds. The SMILES string of the molecule is C#COc1ccc(Oc2ccccc2)c(C)c1. The van der Waals surface area contributed by atoms with Gasteiger partial charge in [0.25, 0.3) is 0 Å². The Kier molecular flexibility index (Phi) is 3.32. The Morgan fingerprint density at radius 1 is 1.00 bits per heavy atom. The van der Waals surface area contributed by atoms with Crippen LogP contribution in [0.1, 0.15) is 5.56 Å². The van der Waals surface area contributed by atoms with E-state index in [0.29, 0.717) is 5.75 Å². The minimum atomic E-state index is 0.644. The molecule has 0 aromatic heterocycles. The molecular formula is C15H12O2. The molecule has 0 fully saturated rings. The van der Waals surface area contributed by atoms with E-state index in [9.17, 15) is 0 Å². The molecule has 2 rings (SSSR count). The van der Waals surface area contributed by atoms with Crippen molar-refractivity contribution in [1.29, 1.82) is 0 Å². The van der Waals surface area contributed by atoms with Gasteiger partial charge in [-0.1, -0.05) is 24.6 Å². The lowest BCUT2D eigenvalue weighted by Crippen LogP contribution is -1.89. The van der Waals surface area contributed by atoms with Crippen LogP contribution in [-0.4, -0.2) is 0 Å². The highest BCUT2D eigenvalue weighted by Gasteiger charge is 2.02. The maximum atomic E-state index is 5.74. The van der Waals surface area contributed by atoms with Crippen molar-refractivity contribution in [2.24, 2.45) is 0 Å². The molecule has 17 heavy (non-hydrogen) atoms. The Hall–Kier alpha value is -2.40. The van der Waals surface area contributed by atoms with Crippen molar-refractivity contribution in [3.63, 3.8) is 0 Å². The smallest absolute Gasteiger partial charge is 0.140 e. The lowest BCUT2D eigenvalue weighted by molar-refractivity contribution is 0.474. The molecular weight excluding hydrogens is 212 g/mol. The molecule has 0 saturated carbocycles. The molecule has 84 valence electrons. The van der Waals surface area contributed by atoms with E-state index in [2.05, 4.69) is 6.11 Å². The fraction of sp³-hybridized carbons (Fsp3) is 0.0667. The Labute approximate surface area is 101 Å². The van der Waals surface area contributed by atoms with Gasteiger partial charge in [-0.15, -0.1) is 0 Å². The average molecular weight is 224 g/mol. The highest BCUT2D eigenvalue weighted by atomic mass is 16.5. The summed E-state index contributed by atoms with van der Waals surface area (Å²) in [6.45, 7) is 1.95. The van der Waals surface area contributed by atoms with Crippen molar-refractivity contribution >= 4 is 0 Å². The molecule has 0 heterocycles. The van der Waals surface area contributed by atoms with Gasteiger partial charge in [0.2, 0.25) is 0 Å². The van der Waals surface area contributed by atoms with Gasteiger partial charge in [0.05, 0.1) is 0 Å². The van der Waals surface area contributed by atoms with E-state index in [-0.39, 0.29) is 0 Å². The summed E-state index contributed by atoms with van der Waals surface area (Å²) in [5.74, 6) is 2.24. The summed E-state index contributed by atoms with van der Waals surface area (Å²) < 4.78 is 10.7. The van der Waals surface area contributed by atoms with Crippen molar-refractivity contribution in [2.45, 2.75) is 6.92 Å². The van der Waals surface area contributed by atoms with Gasteiger partial charge in [0.1, 0.15) is 23.4 Å². The highest BCUT2D eigenvalue weighted by molar-refractivity contribution is 5.42. The third-order valence-corrected chi connectivity index (χ3v) is 2.29. The van der Waals surface area contributed by atoms with Crippen LogP contribution in [0.25, 0.3) is 0 Å². The number of aryl methyl sites for hydroxylation is 1. The zero-order chi connectivity index (χ0) is 12.1. The molecule has 0 aliphatic rings. The van der Waals surface area contributed by atoms with Crippen LogP contribution in [0.4, 0.5) is 0 Å². The molecule has 2 nitrogen and oxygen atoms in total. The molecule has 0 radical (unpaired) electrons. The zero-order valence-corrected chi connectivity index (χ0v) is 9.51. The summed E-state index contributed by atoms with van der Waals surface area (Å²) in [6, 6.07) is 15.1. The lowest BCUT2D eigenvalue weighted by atomic mass is 10.2. The zero-order valence-electron chi connectivity index (χ0n) is 9.51. The van der Waals surface area contributed by atoms with Crippen LogP contribution >= 0.6 is 0 Å². The van der Waals surface area contributed by atoms with Gasteiger partial charge < -0.3 is 9.47 Å². The summed E-state index contributed by atoms with van der Waals surface area (Å²) in [4.78, 5) is 0. The molecule has 0 aliphatic heterocycles. The van der Waals surface area contributed by atoms with Crippen LogP contribution in [0.2, 0.25) is 0 Å². The second kappa shape index (κ2) is 5.09. The molecule has 0 aliphatic carbocycles. The Balaban J connectivity index is 2.20. The second-order valence-electron chi connectivity index (χ2n) is 3.56. The van der Waals surface area contributed by atoms with E-state index < -0.39 is 0 Å². The number of terminal acetylenes is 1. The van der Waals surface area contributed by atoms with E-state index in [1.807, 2.05) is 49.4 Å². The fourth-order valence-corrected chi connectivity index (χ4v) is 1.48. The van der Waals surface area contributed by atoms with Crippen LogP contribution in [0.3, 0.4) is 0 Å². The van der Waals surface area contributed by atoms with Crippen LogP contribution in [0, 0.1) is 19.5 Å². The molecule has 0 N–H and O–H groups in total. The lowest BCUT2D eigenvalue weighted by Gasteiger charge is -2.09. The van der Waals surface area contributed by atoms with Gasteiger partial charge in [-0.05, 0) is 42.8 Å². The monoisotopic (exact) mass is 224 g/mol. The molecule has 2 aromatic rings. The number of rotatable bonds is 3. The van der Waals surface area contributed by atoms with Crippen molar-refractivity contribution < 1.29 is 9.47 Å². The van der Waals surface area contributed by atoms with Gasteiger partial charge in [0, 0.05) is 0 Å². The Morgan fingerprint density at radius 3 is 2.41 bits per heavy atom. The molecule has 2 heteroatoms. The number of hydrogen-bond acceptors (Lipinski definition) is 2. The number of hydrogen-bond donors (Lipinski definition) is 0. The standard InChI is InChI=1S/C15H12O2/c1-3-16-14-9-10-15(12(2)11-14)17-13-7-5-4-6-8-13/h1,4-11H,2H3. The number of para-hydroxylation sites is 1. The van der Waals surface area contributed by atoms with Crippen molar-refractivity contribution in [1.82, 2.24) is 0 Å². The normalized spacial score (nSPS) is 9.41. The summed E-state index contributed by atoms with van der Waals surface area (Å²) >= 11 is 0. The van der Waals surface area contributed by atoms with Crippen molar-refractivity contribution in [2.75, 3.05) is 0 Å². The van der Waals surface area contributed by atoms with Gasteiger partial charge in [-0.3, -0.25) is 0 Å². The summed E-state index contributed by atoms with van der Waals surface area (Å²) in [5, 5.41) is 0. The minimum Gasteiger partial charge on any atom is -0.457 e. The first-order valence-corrected chi connectivity index (χ1v) is 5.25. The largest absolute Gasteiger partial charge is 0.457 e. The predicted octanol–water partition coefficient (Wildman–Crippen LogP) is 3.76. The van der Waals surface area contributed by atoms with E-state index in [0.717, 1.165) is 17.1 Å². The highest BCUT2D eigenvalue weighted by Crippen LogP contribution is 2.27. The quantitative estimate of drug-likeness (QED) is 0.739. The molecule has 0 bridgehead atoms. The molecule has 0 spiro atoms. The van der Waals surface area contributed by atoms with Crippen LogP contribution in [0.15, 0.2) is 48.5 Å². The first-order chi connectivity index (χ1) is 8.29. The van der Waals surface area contributed by atoms with E-state index >= 15 is 0 Å². The van der Waals surface area contributed by atoms with Crippen LogP contribution in [-0.2, 0) is 0 Å². The predicted molar refractivity (Wildman–Crippen MR) is 67.2 cm³/mol. The van der Waals surface area contributed by atoms with Gasteiger partial charge in [-0.2, -0.15) is 0 Å². The summed E-state index contributed by atoms with van der Waals surface area (Å²) in [7, 11) is 0. The maximum Gasteiger partial charge on any atom is 0.140 e.